The molecule has 1 aliphatic rings. The van der Waals surface area contributed by atoms with Crippen molar-refractivity contribution in [2.45, 2.75) is 12.8 Å². The molecule has 0 saturated carbocycles. The highest BCUT2D eigenvalue weighted by atomic mass is 19.1. The molecule has 1 fully saturated rings. The number of hydrogen-bond acceptors (Lipinski definition) is 4. The minimum Gasteiger partial charge on any atom is -0.465 e. The van der Waals surface area contributed by atoms with Crippen LogP contribution in [0.3, 0.4) is 0 Å². The number of esters is 1. The monoisotopic (exact) mass is 438 g/mol. The summed E-state index contributed by atoms with van der Waals surface area (Å²) in [6, 6.07) is 3.98. The molecule has 0 atom stereocenters. The number of nitrogens with one attached hydrogen (secondary N) is 1. The van der Waals surface area contributed by atoms with Crippen LogP contribution in [0.5, 0.6) is 0 Å². The van der Waals surface area contributed by atoms with Gasteiger partial charge in [-0.2, -0.15) is 0 Å². The first-order chi connectivity index (χ1) is 14.7. The van der Waals surface area contributed by atoms with Crippen molar-refractivity contribution in [3.63, 3.8) is 0 Å². The van der Waals surface area contributed by atoms with E-state index in [1.165, 1.54) is 4.90 Å². The van der Waals surface area contributed by atoms with Crippen LogP contribution in [-0.2, 0) is 9.53 Å². The van der Waals surface area contributed by atoms with Crippen molar-refractivity contribution >= 4 is 23.5 Å². The second kappa shape index (κ2) is 9.15. The quantitative estimate of drug-likeness (QED) is 0.586. The normalized spacial score (nSPS) is 14.3. The fourth-order valence-electron chi connectivity index (χ4n) is 3.32. The van der Waals surface area contributed by atoms with Gasteiger partial charge >= 0.3 is 5.97 Å². The molecule has 2 amide bonds. The standard InChI is InChI=1S/C21H18F4N2O4/c1-31-21(30)14-9-18(17(25)10-16(14)24)26-19(28)11-4-6-27(7-5-11)20(29)13-3-2-12(22)8-15(13)23/h2-3,8-11H,4-7H2,1H3,(H,26,28). The van der Waals surface area contributed by atoms with Crippen LogP contribution in [0.2, 0.25) is 0 Å². The zero-order valence-corrected chi connectivity index (χ0v) is 16.4. The third-order valence-electron chi connectivity index (χ3n) is 5.03. The number of benzene rings is 2. The summed E-state index contributed by atoms with van der Waals surface area (Å²) < 4.78 is 59.0. The van der Waals surface area contributed by atoms with Gasteiger partial charge in [-0.15, -0.1) is 0 Å². The summed E-state index contributed by atoms with van der Waals surface area (Å²) in [5.74, 6) is -6.75. The molecule has 0 aromatic heterocycles. The van der Waals surface area contributed by atoms with E-state index >= 15 is 0 Å². The third kappa shape index (κ3) is 4.84. The molecule has 1 N–H and O–H groups in total. The molecular weight excluding hydrogens is 420 g/mol. The van der Waals surface area contributed by atoms with Gasteiger partial charge in [0, 0.05) is 31.1 Å². The summed E-state index contributed by atoms with van der Waals surface area (Å²) in [6.07, 6.45) is 0.431. The molecule has 0 radical (unpaired) electrons. The van der Waals surface area contributed by atoms with Gasteiger partial charge in [0.05, 0.1) is 23.9 Å². The molecule has 0 aliphatic carbocycles. The number of nitrogens with zero attached hydrogens (tertiary/aromatic N) is 1. The minimum atomic E-state index is -1.12. The van der Waals surface area contributed by atoms with Crippen LogP contribution >= 0.6 is 0 Å². The molecular formula is C21H18F4N2O4. The predicted octanol–water partition coefficient (Wildman–Crippen LogP) is 3.52. The van der Waals surface area contributed by atoms with E-state index in [2.05, 4.69) is 10.1 Å². The highest BCUT2D eigenvalue weighted by molar-refractivity contribution is 5.97. The number of anilines is 1. The van der Waals surface area contributed by atoms with E-state index in [1.54, 1.807) is 0 Å². The number of piperidine rings is 1. The lowest BCUT2D eigenvalue weighted by Crippen LogP contribution is -2.41. The SMILES string of the molecule is COC(=O)c1cc(NC(=O)C2CCN(C(=O)c3ccc(F)cc3F)CC2)c(F)cc1F. The van der Waals surface area contributed by atoms with Crippen LogP contribution in [0.4, 0.5) is 23.2 Å². The number of rotatable bonds is 4. The average molecular weight is 438 g/mol. The Labute approximate surface area is 174 Å². The van der Waals surface area contributed by atoms with Crippen LogP contribution < -0.4 is 5.32 Å². The maximum atomic E-state index is 14.0. The molecule has 2 aromatic carbocycles. The third-order valence-corrected chi connectivity index (χ3v) is 5.03. The largest absolute Gasteiger partial charge is 0.465 e. The van der Waals surface area contributed by atoms with Gasteiger partial charge in [-0.25, -0.2) is 22.4 Å². The van der Waals surface area contributed by atoms with E-state index in [0.717, 1.165) is 25.3 Å². The van der Waals surface area contributed by atoms with Gasteiger partial charge in [-0.1, -0.05) is 0 Å². The molecule has 164 valence electrons. The highest BCUT2D eigenvalue weighted by Crippen LogP contribution is 2.25. The van der Waals surface area contributed by atoms with E-state index in [9.17, 15) is 31.9 Å². The molecule has 1 saturated heterocycles. The molecule has 6 nitrogen and oxygen atoms in total. The highest BCUT2D eigenvalue weighted by Gasteiger charge is 2.29. The maximum absolute atomic E-state index is 14.0. The van der Waals surface area contributed by atoms with Gasteiger partial charge in [0.2, 0.25) is 5.91 Å². The van der Waals surface area contributed by atoms with Gasteiger partial charge < -0.3 is 15.0 Å². The van der Waals surface area contributed by atoms with Crippen LogP contribution in [0.25, 0.3) is 0 Å². The summed E-state index contributed by atoms with van der Waals surface area (Å²) >= 11 is 0. The van der Waals surface area contributed by atoms with Gasteiger partial charge in [0.15, 0.2) is 0 Å². The van der Waals surface area contributed by atoms with E-state index in [1.807, 2.05) is 0 Å². The maximum Gasteiger partial charge on any atom is 0.340 e. The fraction of sp³-hybridized carbons (Fsp3) is 0.286. The lowest BCUT2D eigenvalue weighted by Gasteiger charge is -2.31. The molecule has 0 unspecified atom stereocenters. The predicted molar refractivity (Wildman–Crippen MR) is 101 cm³/mol. The van der Waals surface area contributed by atoms with Crippen molar-refractivity contribution in [2.24, 2.45) is 5.92 Å². The molecule has 3 rings (SSSR count). The Bertz CT molecular complexity index is 1040. The lowest BCUT2D eigenvalue weighted by atomic mass is 9.95. The molecule has 0 bridgehead atoms. The van der Waals surface area contributed by atoms with Crippen LogP contribution in [0.1, 0.15) is 33.6 Å². The number of carbonyl (C=O) groups excluding carboxylic acids is 3. The summed E-state index contributed by atoms with van der Waals surface area (Å²) in [5.41, 5.74) is -1.17. The summed E-state index contributed by atoms with van der Waals surface area (Å²) in [7, 11) is 1.04. The number of ether oxygens (including phenoxy) is 1. The Hall–Kier alpha value is -3.43. The molecule has 31 heavy (non-hydrogen) atoms. The number of amides is 2. The smallest absolute Gasteiger partial charge is 0.340 e. The van der Waals surface area contributed by atoms with Gasteiger partial charge in [-0.3, -0.25) is 9.59 Å². The topological polar surface area (TPSA) is 75.7 Å². The van der Waals surface area contributed by atoms with Gasteiger partial charge in [-0.05, 0) is 31.0 Å². The summed E-state index contributed by atoms with van der Waals surface area (Å²) in [5, 5.41) is 2.32. The van der Waals surface area contributed by atoms with E-state index in [0.29, 0.717) is 12.1 Å². The molecule has 10 heteroatoms. The number of halogens is 4. The van der Waals surface area contributed by atoms with Crippen molar-refractivity contribution in [2.75, 3.05) is 25.5 Å². The van der Waals surface area contributed by atoms with Crippen LogP contribution in [-0.4, -0.2) is 42.9 Å². The van der Waals surface area contributed by atoms with Crippen molar-refractivity contribution in [1.82, 2.24) is 4.90 Å². The van der Waals surface area contributed by atoms with E-state index < -0.39 is 52.5 Å². The first kappa shape index (κ1) is 22.3. The van der Waals surface area contributed by atoms with Crippen molar-refractivity contribution in [3.8, 4) is 0 Å². The zero-order chi connectivity index (χ0) is 22.7. The van der Waals surface area contributed by atoms with E-state index in [-0.39, 0.29) is 37.2 Å². The Morgan fingerprint density at radius 2 is 1.58 bits per heavy atom. The Morgan fingerprint density at radius 1 is 0.935 bits per heavy atom. The molecule has 0 spiro atoms. The Kier molecular flexibility index (Phi) is 6.57. The Morgan fingerprint density at radius 3 is 2.19 bits per heavy atom. The fourth-order valence-corrected chi connectivity index (χ4v) is 3.32. The Balaban J connectivity index is 1.64. The van der Waals surface area contributed by atoms with Crippen molar-refractivity contribution in [3.05, 3.63) is 64.7 Å². The van der Waals surface area contributed by atoms with Gasteiger partial charge in [0.25, 0.3) is 5.91 Å². The van der Waals surface area contributed by atoms with Crippen molar-refractivity contribution < 1.29 is 36.7 Å². The average Bonchev–Trinajstić information content (AvgIpc) is 2.74. The van der Waals surface area contributed by atoms with E-state index in [4.69, 9.17) is 0 Å². The first-order valence-corrected chi connectivity index (χ1v) is 9.33. The zero-order valence-electron chi connectivity index (χ0n) is 16.4. The number of methoxy groups -OCH3 is 1. The second-order valence-electron chi connectivity index (χ2n) is 6.98. The molecule has 1 heterocycles. The summed E-state index contributed by atoms with van der Waals surface area (Å²) in [6.45, 7) is 0.264. The number of carbonyl (C=O) groups is 3. The van der Waals surface area contributed by atoms with Crippen molar-refractivity contribution in [1.29, 1.82) is 0 Å². The summed E-state index contributed by atoms with van der Waals surface area (Å²) in [4.78, 5) is 37.8. The van der Waals surface area contributed by atoms with Gasteiger partial charge in [0.1, 0.15) is 23.3 Å². The molecule has 2 aromatic rings. The van der Waals surface area contributed by atoms with Crippen LogP contribution in [0.15, 0.2) is 30.3 Å². The molecule has 1 aliphatic heterocycles. The number of likely N-dealkylation sites (tertiary alicyclic amines) is 1. The number of hydrogen-bond donors (Lipinski definition) is 1. The minimum absolute atomic E-state index is 0.132. The van der Waals surface area contributed by atoms with Crippen LogP contribution in [0, 0.1) is 29.2 Å². The first-order valence-electron chi connectivity index (χ1n) is 9.33. The lowest BCUT2D eigenvalue weighted by molar-refractivity contribution is -0.121. The second-order valence-corrected chi connectivity index (χ2v) is 6.98.